The van der Waals surface area contributed by atoms with Crippen LogP contribution in [0.25, 0.3) is 0 Å². The summed E-state index contributed by atoms with van der Waals surface area (Å²) < 4.78 is 0. The van der Waals surface area contributed by atoms with E-state index in [2.05, 4.69) is 0 Å². The Hall–Kier alpha value is -1.55. The number of aliphatic hydroxyl groups excluding tert-OH is 1. The van der Waals surface area contributed by atoms with E-state index in [1.165, 1.54) is 4.90 Å². The zero-order valence-electron chi connectivity index (χ0n) is 9.90. The fourth-order valence-electron chi connectivity index (χ4n) is 1.20. The normalized spacial score (nSPS) is 11.2. The largest absolute Gasteiger partial charge is 0.399 e. The number of carbonyl (C=O) groups excluding carboxylic acids is 1. The summed E-state index contributed by atoms with van der Waals surface area (Å²) in [5.74, 6) is -0.126. The van der Waals surface area contributed by atoms with Crippen molar-refractivity contribution >= 4 is 11.6 Å². The molecule has 0 saturated heterocycles. The van der Waals surface area contributed by atoms with Crippen LogP contribution in [0.5, 0.6) is 0 Å². The van der Waals surface area contributed by atoms with Crippen molar-refractivity contribution in [2.75, 3.05) is 19.4 Å². The summed E-state index contributed by atoms with van der Waals surface area (Å²) in [6.07, 6.45) is 0. The van der Waals surface area contributed by atoms with Crippen LogP contribution in [0.3, 0.4) is 0 Å². The Morgan fingerprint density at radius 2 is 1.88 bits per heavy atom. The minimum atomic E-state index is -0.571. The Balaban J connectivity index is 2.90. The number of nitrogens with two attached hydrogens (primary N) is 1. The maximum atomic E-state index is 12.0. The fourth-order valence-corrected chi connectivity index (χ4v) is 1.20. The number of nitrogens with zero attached hydrogens (tertiary/aromatic N) is 1. The Bertz CT molecular complexity index is 371. The van der Waals surface area contributed by atoms with E-state index in [0.717, 1.165) is 0 Å². The fraction of sp³-hybridized carbons (Fsp3) is 0.417. The first-order valence-corrected chi connectivity index (χ1v) is 5.13. The predicted molar refractivity (Wildman–Crippen MR) is 64.1 cm³/mol. The van der Waals surface area contributed by atoms with E-state index in [1.54, 1.807) is 31.3 Å². The lowest BCUT2D eigenvalue weighted by Crippen LogP contribution is -2.47. The number of benzene rings is 1. The number of hydrogen-bond acceptors (Lipinski definition) is 3. The molecule has 0 fully saturated rings. The Kier molecular flexibility index (Phi) is 3.55. The molecule has 0 atom stereocenters. The molecular formula is C12H18N2O2. The zero-order chi connectivity index (χ0) is 12.3. The van der Waals surface area contributed by atoms with Crippen molar-refractivity contribution in [1.82, 2.24) is 4.90 Å². The van der Waals surface area contributed by atoms with Gasteiger partial charge in [0.2, 0.25) is 0 Å². The smallest absolute Gasteiger partial charge is 0.254 e. The van der Waals surface area contributed by atoms with Crippen LogP contribution in [0.4, 0.5) is 5.69 Å². The number of likely N-dealkylation sites (N-methyl/N-ethyl adjacent to an activating group) is 1. The van der Waals surface area contributed by atoms with Gasteiger partial charge in [0.15, 0.2) is 0 Å². The highest BCUT2D eigenvalue weighted by molar-refractivity contribution is 5.94. The maximum absolute atomic E-state index is 12.0. The van der Waals surface area contributed by atoms with E-state index in [1.807, 2.05) is 13.8 Å². The molecule has 0 saturated carbocycles. The van der Waals surface area contributed by atoms with Crippen molar-refractivity contribution in [2.45, 2.75) is 19.4 Å². The van der Waals surface area contributed by atoms with E-state index in [4.69, 9.17) is 5.73 Å². The first-order chi connectivity index (χ1) is 7.38. The molecule has 0 aromatic heterocycles. The third-order valence-corrected chi connectivity index (χ3v) is 2.76. The van der Waals surface area contributed by atoms with Gasteiger partial charge in [-0.3, -0.25) is 4.79 Å². The van der Waals surface area contributed by atoms with Crippen molar-refractivity contribution < 1.29 is 9.90 Å². The van der Waals surface area contributed by atoms with Gasteiger partial charge in [0, 0.05) is 18.3 Å². The van der Waals surface area contributed by atoms with Gasteiger partial charge < -0.3 is 15.7 Å². The number of rotatable bonds is 3. The maximum Gasteiger partial charge on any atom is 0.254 e. The third kappa shape index (κ3) is 2.52. The molecule has 1 aromatic carbocycles. The minimum Gasteiger partial charge on any atom is -0.399 e. The van der Waals surface area contributed by atoms with Gasteiger partial charge in [-0.25, -0.2) is 0 Å². The van der Waals surface area contributed by atoms with E-state index >= 15 is 0 Å². The first kappa shape index (κ1) is 12.5. The Morgan fingerprint density at radius 3 is 2.31 bits per heavy atom. The van der Waals surface area contributed by atoms with Gasteiger partial charge in [0.25, 0.3) is 5.91 Å². The molecule has 0 spiro atoms. The van der Waals surface area contributed by atoms with Crippen LogP contribution < -0.4 is 5.73 Å². The number of nitrogen functional groups attached to an aromatic ring is 1. The van der Waals surface area contributed by atoms with Gasteiger partial charge in [0.05, 0.1) is 12.1 Å². The number of anilines is 1. The van der Waals surface area contributed by atoms with E-state index in [9.17, 15) is 9.90 Å². The lowest BCUT2D eigenvalue weighted by molar-refractivity contribution is 0.0473. The van der Waals surface area contributed by atoms with E-state index in [0.29, 0.717) is 11.3 Å². The quantitative estimate of drug-likeness (QED) is 0.753. The molecule has 0 bridgehead atoms. The molecule has 16 heavy (non-hydrogen) atoms. The number of amides is 1. The molecule has 0 heterocycles. The van der Waals surface area contributed by atoms with Crippen LogP contribution in [0, 0.1) is 0 Å². The van der Waals surface area contributed by atoms with Crippen LogP contribution >= 0.6 is 0 Å². The Morgan fingerprint density at radius 1 is 1.38 bits per heavy atom. The van der Waals surface area contributed by atoms with Crippen molar-refractivity contribution in [3.63, 3.8) is 0 Å². The van der Waals surface area contributed by atoms with Crippen LogP contribution in [0.15, 0.2) is 24.3 Å². The summed E-state index contributed by atoms with van der Waals surface area (Å²) in [5, 5.41) is 9.19. The summed E-state index contributed by atoms with van der Waals surface area (Å²) in [5.41, 5.74) is 6.17. The zero-order valence-corrected chi connectivity index (χ0v) is 9.90. The van der Waals surface area contributed by atoms with Crippen LogP contribution in [0.2, 0.25) is 0 Å². The van der Waals surface area contributed by atoms with Crippen molar-refractivity contribution in [3.05, 3.63) is 29.8 Å². The lowest BCUT2D eigenvalue weighted by Gasteiger charge is -2.34. The molecule has 1 aromatic rings. The SMILES string of the molecule is CN(C(=O)c1ccc(N)cc1)C(C)(C)CO. The third-order valence-electron chi connectivity index (χ3n) is 2.76. The molecular weight excluding hydrogens is 204 g/mol. The molecule has 0 aliphatic rings. The molecule has 1 amide bonds. The summed E-state index contributed by atoms with van der Waals surface area (Å²) in [6, 6.07) is 6.74. The average molecular weight is 222 g/mol. The highest BCUT2D eigenvalue weighted by Crippen LogP contribution is 2.16. The van der Waals surface area contributed by atoms with Crippen molar-refractivity contribution in [3.8, 4) is 0 Å². The molecule has 0 unspecified atom stereocenters. The van der Waals surface area contributed by atoms with Gasteiger partial charge in [-0.15, -0.1) is 0 Å². The van der Waals surface area contributed by atoms with Crippen molar-refractivity contribution in [1.29, 1.82) is 0 Å². The molecule has 1 rings (SSSR count). The second-order valence-corrected chi connectivity index (χ2v) is 4.46. The highest BCUT2D eigenvalue weighted by atomic mass is 16.3. The van der Waals surface area contributed by atoms with Gasteiger partial charge in [-0.2, -0.15) is 0 Å². The van der Waals surface area contributed by atoms with Gasteiger partial charge in [0.1, 0.15) is 0 Å². The molecule has 0 aliphatic heterocycles. The number of aliphatic hydroxyl groups is 1. The van der Waals surface area contributed by atoms with Crippen molar-refractivity contribution in [2.24, 2.45) is 0 Å². The lowest BCUT2D eigenvalue weighted by atomic mass is 10.0. The number of hydrogen-bond donors (Lipinski definition) is 2. The topological polar surface area (TPSA) is 66.6 Å². The van der Waals surface area contributed by atoms with Gasteiger partial charge in [-0.1, -0.05) is 0 Å². The van der Waals surface area contributed by atoms with Crippen LogP contribution in [-0.2, 0) is 0 Å². The summed E-state index contributed by atoms with van der Waals surface area (Å²) in [4.78, 5) is 13.6. The monoisotopic (exact) mass is 222 g/mol. The highest BCUT2D eigenvalue weighted by Gasteiger charge is 2.27. The number of carbonyl (C=O) groups is 1. The molecule has 88 valence electrons. The summed E-state index contributed by atoms with van der Waals surface area (Å²) >= 11 is 0. The summed E-state index contributed by atoms with van der Waals surface area (Å²) in [7, 11) is 1.68. The standard InChI is InChI=1S/C12H18N2O2/c1-12(2,8-15)14(3)11(16)9-4-6-10(13)7-5-9/h4-7,15H,8,13H2,1-3H3. The summed E-state index contributed by atoms with van der Waals surface area (Å²) in [6.45, 7) is 3.54. The second kappa shape index (κ2) is 4.53. The minimum absolute atomic E-state index is 0.0792. The van der Waals surface area contributed by atoms with E-state index in [-0.39, 0.29) is 12.5 Å². The molecule has 4 nitrogen and oxygen atoms in total. The molecule has 4 heteroatoms. The molecule has 3 N–H and O–H groups in total. The van der Waals surface area contributed by atoms with Crippen LogP contribution in [0.1, 0.15) is 24.2 Å². The average Bonchev–Trinajstić information content (AvgIpc) is 2.28. The molecule has 0 radical (unpaired) electrons. The predicted octanol–water partition coefficient (Wildman–Crippen LogP) is 1.11. The first-order valence-electron chi connectivity index (χ1n) is 5.13. The van der Waals surface area contributed by atoms with Crippen LogP contribution in [-0.4, -0.2) is 35.1 Å². The van der Waals surface area contributed by atoms with Gasteiger partial charge in [-0.05, 0) is 38.1 Å². The van der Waals surface area contributed by atoms with E-state index < -0.39 is 5.54 Å². The van der Waals surface area contributed by atoms with Gasteiger partial charge >= 0.3 is 0 Å². The molecule has 0 aliphatic carbocycles. The second-order valence-electron chi connectivity index (χ2n) is 4.46. The Labute approximate surface area is 95.7 Å².